The summed E-state index contributed by atoms with van der Waals surface area (Å²) in [6.07, 6.45) is 1.16. The molecule has 0 aliphatic carbocycles. The van der Waals surface area contributed by atoms with E-state index in [1.165, 1.54) is 10.4 Å². The minimum absolute atomic E-state index is 0.924. The van der Waals surface area contributed by atoms with Crippen LogP contribution in [0.4, 0.5) is 0 Å². The molecule has 0 unspecified atom stereocenters. The van der Waals surface area contributed by atoms with Gasteiger partial charge < -0.3 is 5.32 Å². The van der Waals surface area contributed by atoms with Gasteiger partial charge in [-0.15, -0.1) is 11.3 Å². The lowest BCUT2D eigenvalue weighted by atomic mass is 10.2. The first-order valence-corrected chi connectivity index (χ1v) is 7.74. The van der Waals surface area contributed by atoms with Crippen molar-refractivity contribution in [1.29, 1.82) is 0 Å². The van der Waals surface area contributed by atoms with Crippen LogP contribution in [-0.2, 0) is 6.54 Å². The lowest BCUT2D eigenvalue weighted by molar-refractivity contribution is 0.678. The molecule has 0 aliphatic rings. The number of hydrogen-bond donors (Lipinski definition) is 1. The zero-order valence-electron chi connectivity index (χ0n) is 10.7. The van der Waals surface area contributed by atoms with Crippen LogP contribution in [0.1, 0.15) is 23.9 Å². The molecule has 0 atom stereocenters. The summed E-state index contributed by atoms with van der Waals surface area (Å²) in [5, 5.41) is 4.53. The predicted molar refractivity (Wildman–Crippen MR) is 82.0 cm³/mol. The second-order valence-electron chi connectivity index (χ2n) is 4.21. The van der Waals surface area contributed by atoms with Crippen LogP contribution in [-0.4, -0.2) is 11.5 Å². The fourth-order valence-corrected chi connectivity index (χ4v) is 2.99. The molecule has 2 aromatic rings. The molecule has 0 saturated heterocycles. The van der Waals surface area contributed by atoms with Crippen molar-refractivity contribution >= 4 is 27.3 Å². The van der Waals surface area contributed by atoms with Gasteiger partial charge in [-0.2, -0.15) is 0 Å². The minimum atomic E-state index is 0.924. The molecular weight excluding hydrogens is 308 g/mol. The van der Waals surface area contributed by atoms with E-state index in [4.69, 9.17) is 0 Å². The van der Waals surface area contributed by atoms with Gasteiger partial charge >= 0.3 is 0 Å². The molecule has 18 heavy (non-hydrogen) atoms. The summed E-state index contributed by atoms with van der Waals surface area (Å²) in [5.74, 6) is 0. The van der Waals surface area contributed by atoms with Crippen molar-refractivity contribution < 1.29 is 0 Å². The Kier molecular flexibility index (Phi) is 4.92. The van der Waals surface area contributed by atoms with E-state index in [2.05, 4.69) is 64.3 Å². The fourth-order valence-electron chi connectivity index (χ4n) is 1.69. The molecule has 0 spiro atoms. The molecule has 2 nitrogen and oxygen atoms in total. The van der Waals surface area contributed by atoms with E-state index in [-0.39, 0.29) is 0 Å². The van der Waals surface area contributed by atoms with Crippen molar-refractivity contribution in [3.8, 4) is 10.6 Å². The average Bonchev–Trinajstić information content (AvgIpc) is 2.72. The third-order valence-corrected chi connectivity index (χ3v) is 4.43. The van der Waals surface area contributed by atoms with Gasteiger partial charge in [-0.05, 0) is 32.0 Å². The van der Waals surface area contributed by atoms with Crippen molar-refractivity contribution in [3.63, 3.8) is 0 Å². The maximum atomic E-state index is 4.65. The van der Waals surface area contributed by atoms with E-state index in [1.54, 1.807) is 11.3 Å². The number of aromatic nitrogens is 1. The van der Waals surface area contributed by atoms with Crippen LogP contribution in [0.2, 0.25) is 0 Å². The van der Waals surface area contributed by atoms with E-state index in [0.29, 0.717) is 0 Å². The molecule has 0 aliphatic heterocycles. The number of nitrogens with one attached hydrogen (secondary N) is 1. The summed E-state index contributed by atoms with van der Waals surface area (Å²) >= 11 is 5.23. The quantitative estimate of drug-likeness (QED) is 0.825. The van der Waals surface area contributed by atoms with Gasteiger partial charge in [0.05, 0.1) is 5.69 Å². The molecule has 1 N–H and O–H groups in total. The van der Waals surface area contributed by atoms with Crippen LogP contribution in [0.5, 0.6) is 0 Å². The van der Waals surface area contributed by atoms with Gasteiger partial charge in [-0.3, -0.25) is 0 Å². The molecule has 2 rings (SSSR count). The van der Waals surface area contributed by atoms with Gasteiger partial charge in [-0.1, -0.05) is 35.0 Å². The molecular formula is C14H17BrN2S. The second-order valence-corrected chi connectivity index (χ2v) is 6.21. The van der Waals surface area contributed by atoms with Crippen LogP contribution in [0.3, 0.4) is 0 Å². The Morgan fingerprint density at radius 3 is 2.67 bits per heavy atom. The summed E-state index contributed by atoms with van der Waals surface area (Å²) < 4.78 is 1.10. The average molecular weight is 325 g/mol. The van der Waals surface area contributed by atoms with E-state index < -0.39 is 0 Å². The number of aryl methyl sites for hydroxylation is 1. The Bertz CT molecular complexity index is 505. The first kappa shape index (κ1) is 13.7. The third-order valence-electron chi connectivity index (χ3n) is 2.70. The molecule has 1 aromatic heterocycles. The molecule has 0 fully saturated rings. The Morgan fingerprint density at radius 1 is 1.28 bits per heavy atom. The van der Waals surface area contributed by atoms with Gasteiger partial charge in [0.2, 0.25) is 0 Å². The lowest BCUT2D eigenvalue weighted by Gasteiger charge is -1.99. The zero-order chi connectivity index (χ0) is 13.0. The topological polar surface area (TPSA) is 24.9 Å². The Balaban J connectivity index is 2.15. The Hall–Kier alpha value is -0.710. The number of nitrogens with zero attached hydrogens (tertiary/aromatic N) is 1. The number of hydrogen-bond acceptors (Lipinski definition) is 3. The predicted octanol–water partition coefficient (Wildman–Crippen LogP) is 4.38. The number of halogens is 1. The third kappa shape index (κ3) is 3.40. The first-order chi connectivity index (χ1) is 8.70. The molecule has 0 radical (unpaired) electrons. The van der Waals surface area contributed by atoms with E-state index in [9.17, 15) is 0 Å². The smallest absolute Gasteiger partial charge is 0.123 e. The van der Waals surface area contributed by atoms with Crippen molar-refractivity contribution in [3.05, 3.63) is 39.3 Å². The SMILES string of the molecule is CCCNCc1sc(-c2ccc(Br)cc2)nc1C. The van der Waals surface area contributed by atoms with E-state index in [1.807, 2.05) is 0 Å². The fraction of sp³-hybridized carbons (Fsp3) is 0.357. The van der Waals surface area contributed by atoms with Crippen LogP contribution in [0.25, 0.3) is 10.6 Å². The molecule has 1 heterocycles. The van der Waals surface area contributed by atoms with E-state index >= 15 is 0 Å². The minimum Gasteiger partial charge on any atom is -0.312 e. The lowest BCUT2D eigenvalue weighted by Crippen LogP contribution is -2.13. The van der Waals surface area contributed by atoms with Gasteiger partial charge in [0.25, 0.3) is 0 Å². The molecule has 0 bridgehead atoms. The van der Waals surface area contributed by atoms with Crippen LogP contribution in [0.15, 0.2) is 28.7 Å². The van der Waals surface area contributed by atoms with Gasteiger partial charge in [0.15, 0.2) is 0 Å². The molecule has 0 amide bonds. The highest BCUT2D eigenvalue weighted by Crippen LogP contribution is 2.28. The highest BCUT2D eigenvalue weighted by atomic mass is 79.9. The highest BCUT2D eigenvalue weighted by Gasteiger charge is 2.08. The van der Waals surface area contributed by atoms with Crippen molar-refractivity contribution in [1.82, 2.24) is 10.3 Å². The van der Waals surface area contributed by atoms with Gasteiger partial charge in [0.1, 0.15) is 5.01 Å². The highest BCUT2D eigenvalue weighted by molar-refractivity contribution is 9.10. The maximum Gasteiger partial charge on any atom is 0.123 e. The van der Waals surface area contributed by atoms with Gasteiger partial charge in [0, 0.05) is 21.5 Å². The molecule has 96 valence electrons. The monoisotopic (exact) mass is 324 g/mol. The molecule has 0 saturated carbocycles. The van der Waals surface area contributed by atoms with E-state index in [0.717, 1.165) is 34.7 Å². The molecule has 4 heteroatoms. The Morgan fingerprint density at radius 2 is 2.00 bits per heavy atom. The summed E-state index contributed by atoms with van der Waals surface area (Å²) in [6.45, 7) is 6.25. The summed E-state index contributed by atoms with van der Waals surface area (Å²) in [6, 6.07) is 8.32. The first-order valence-electron chi connectivity index (χ1n) is 6.13. The number of benzene rings is 1. The summed E-state index contributed by atoms with van der Waals surface area (Å²) in [4.78, 5) is 5.99. The van der Waals surface area contributed by atoms with Crippen molar-refractivity contribution in [2.24, 2.45) is 0 Å². The summed E-state index contributed by atoms with van der Waals surface area (Å²) in [7, 11) is 0. The maximum absolute atomic E-state index is 4.65. The van der Waals surface area contributed by atoms with Crippen LogP contribution < -0.4 is 5.32 Å². The summed E-state index contributed by atoms with van der Waals surface area (Å²) in [5.41, 5.74) is 2.33. The van der Waals surface area contributed by atoms with Crippen LogP contribution in [0, 0.1) is 6.92 Å². The number of thiazole rings is 1. The normalized spacial score (nSPS) is 10.8. The number of rotatable bonds is 5. The van der Waals surface area contributed by atoms with Crippen molar-refractivity contribution in [2.75, 3.05) is 6.54 Å². The zero-order valence-corrected chi connectivity index (χ0v) is 13.1. The standard InChI is InChI=1S/C14H17BrN2S/c1-3-8-16-9-13-10(2)17-14(18-13)11-4-6-12(15)7-5-11/h4-7,16H,3,8-9H2,1-2H3. The second kappa shape index (κ2) is 6.45. The molecule has 1 aromatic carbocycles. The Labute approximate surface area is 121 Å². The van der Waals surface area contributed by atoms with Crippen molar-refractivity contribution in [2.45, 2.75) is 26.8 Å². The largest absolute Gasteiger partial charge is 0.312 e. The van der Waals surface area contributed by atoms with Crippen LogP contribution >= 0.6 is 27.3 Å². The van der Waals surface area contributed by atoms with Gasteiger partial charge in [-0.25, -0.2) is 4.98 Å².